The molecule has 1 amide bonds. The first kappa shape index (κ1) is 12.7. The quantitative estimate of drug-likeness (QED) is 0.852. The molecule has 0 aliphatic rings. The van der Waals surface area contributed by atoms with Gasteiger partial charge in [0.1, 0.15) is 17.0 Å². The van der Waals surface area contributed by atoms with E-state index in [1.807, 2.05) is 13.8 Å². The molecule has 18 heavy (non-hydrogen) atoms. The van der Waals surface area contributed by atoms with E-state index in [2.05, 4.69) is 25.0 Å². The van der Waals surface area contributed by atoms with Gasteiger partial charge in [-0.1, -0.05) is 0 Å². The van der Waals surface area contributed by atoms with Crippen LogP contribution >= 0.6 is 11.5 Å². The number of hydrogen-bond acceptors (Lipinski definition) is 6. The standard InChI is InChI=1S/C11H15N5OS/c1-3-12-8(17)4-5-13-10-9-7(2)16-18-11(9)15-6-14-10/h6H,3-5H2,1-2H3,(H,12,17)(H,13,14,15). The van der Waals surface area contributed by atoms with Crippen molar-refractivity contribution in [1.29, 1.82) is 0 Å². The number of amides is 1. The van der Waals surface area contributed by atoms with Crippen LogP contribution in [0, 0.1) is 6.92 Å². The summed E-state index contributed by atoms with van der Waals surface area (Å²) < 4.78 is 4.25. The summed E-state index contributed by atoms with van der Waals surface area (Å²) >= 11 is 1.36. The number of aryl methyl sites for hydroxylation is 1. The third-order valence-electron chi connectivity index (χ3n) is 2.46. The predicted molar refractivity (Wildman–Crippen MR) is 71.7 cm³/mol. The van der Waals surface area contributed by atoms with Gasteiger partial charge in [-0.3, -0.25) is 4.79 Å². The zero-order chi connectivity index (χ0) is 13.0. The Hall–Kier alpha value is -1.76. The van der Waals surface area contributed by atoms with Crippen molar-refractivity contribution in [3.63, 3.8) is 0 Å². The molecule has 2 aromatic heterocycles. The van der Waals surface area contributed by atoms with Gasteiger partial charge in [0, 0.05) is 19.5 Å². The molecule has 0 spiro atoms. The summed E-state index contributed by atoms with van der Waals surface area (Å²) in [5.74, 6) is 0.783. The average molecular weight is 265 g/mol. The molecule has 0 saturated carbocycles. The largest absolute Gasteiger partial charge is 0.369 e. The van der Waals surface area contributed by atoms with E-state index in [4.69, 9.17) is 0 Å². The second kappa shape index (κ2) is 5.72. The number of nitrogens with zero attached hydrogens (tertiary/aromatic N) is 3. The fraction of sp³-hybridized carbons (Fsp3) is 0.455. The Balaban J connectivity index is 2.03. The average Bonchev–Trinajstić information content (AvgIpc) is 2.73. The van der Waals surface area contributed by atoms with Gasteiger partial charge >= 0.3 is 0 Å². The van der Waals surface area contributed by atoms with Crippen LogP contribution in [0.15, 0.2) is 6.33 Å². The zero-order valence-electron chi connectivity index (χ0n) is 10.4. The maximum absolute atomic E-state index is 11.3. The van der Waals surface area contributed by atoms with Crippen LogP contribution in [0.3, 0.4) is 0 Å². The Kier molecular flexibility index (Phi) is 4.03. The molecule has 0 bridgehead atoms. The molecule has 2 heterocycles. The van der Waals surface area contributed by atoms with Crippen LogP contribution in [0.5, 0.6) is 0 Å². The number of rotatable bonds is 5. The summed E-state index contributed by atoms with van der Waals surface area (Å²) in [6, 6.07) is 0. The van der Waals surface area contributed by atoms with E-state index in [-0.39, 0.29) is 5.91 Å². The van der Waals surface area contributed by atoms with Gasteiger partial charge in [-0.05, 0) is 25.4 Å². The SMILES string of the molecule is CCNC(=O)CCNc1ncnc2snc(C)c12. The number of hydrogen-bond donors (Lipinski definition) is 2. The monoisotopic (exact) mass is 265 g/mol. The lowest BCUT2D eigenvalue weighted by atomic mass is 10.3. The molecule has 6 nitrogen and oxygen atoms in total. The highest BCUT2D eigenvalue weighted by molar-refractivity contribution is 7.13. The molecule has 2 N–H and O–H groups in total. The van der Waals surface area contributed by atoms with E-state index in [0.717, 1.165) is 21.7 Å². The van der Waals surface area contributed by atoms with Crippen molar-refractivity contribution < 1.29 is 4.79 Å². The number of anilines is 1. The molecule has 0 saturated heterocycles. The first-order chi connectivity index (χ1) is 8.72. The molecule has 0 unspecified atom stereocenters. The molecule has 7 heteroatoms. The van der Waals surface area contributed by atoms with Crippen LogP contribution in [-0.4, -0.2) is 33.3 Å². The number of fused-ring (bicyclic) bond motifs is 1. The highest BCUT2D eigenvalue weighted by Gasteiger charge is 2.09. The van der Waals surface area contributed by atoms with Gasteiger partial charge < -0.3 is 10.6 Å². The maximum atomic E-state index is 11.3. The number of carbonyl (C=O) groups excluding carboxylic acids is 1. The minimum Gasteiger partial charge on any atom is -0.369 e. The van der Waals surface area contributed by atoms with Gasteiger partial charge in [-0.25, -0.2) is 9.97 Å². The molecule has 0 aliphatic carbocycles. The Labute approximate surface area is 109 Å². The van der Waals surface area contributed by atoms with Crippen LogP contribution in [0.1, 0.15) is 19.0 Å². The summed E-state index contributed by atoms with van der Waals surface area (Å²) in [5, 5.41) is 6.85. The fourth-order valence-electron chi connectivity index (χ4n) is 1.64. The zero-order valence-corrected chi connectivity index (χ0v) is 11.2. The van der Waals surface area contributed by atoms with Crippen LogP contribution in [0.4, 0.5) is 5.82 Å². The Bertz CT molecular complexity index is 553. The lowest BCUT2D eigenvalue weighted by Gasteiger charge is -2.06. The molecular formula is C11H15N5OS. The van der Waals surface area contributed by atoms with E-state index in [0.29, 0.717) is 19.5 Å². The summed E-state index contributed by atoms with van der Waals surface area (Å²) in [7, 11) is 0. The second-order valence-corrected chi connectivity index (χ2v) is 4.55. The van der Waals surface area contributed by atoms with Gasteiger partial charge in [-0.15, -0.1) is 0 Å². The minimum absolute atomic E-state index is 0.0375. The van der Waals surface area contributed by atoms with Gasteiger partial charge in [0.25, 0.3) is 0 Å². The summed E-state index contributed by atoms with van der Waals surface area (Å²) in [4.78, 5) is 20.5. The van der Waals surface area contributed by atoms with E-state index in [9.17, 15) is 4.79 Å². The first-order valence-electron chi connectivity index (χ1n) is 5.80. The first-order valence-corrected chi connectivity index (χ1v) is 6.57. The Morgan fingerprint density at radius 2 is 2.28 bits per heavy atom. The Morgan fingerprint density at radius 3 is 3.06 bits per heavy atom. The van der Waals surface area contributed by atoms with Crippen molar-refractivity contribution >= 4 is 33.5 Å². The lowest BCUT2D eigenvalue weighted by Crippen LogP contribution is -2.24. The van der Waals surface area contributed by atoms with Crippen LogP contribution in [0.2, 0.25) is 0 Å². The smallest absolute Gasteiger partial charge is 0.221 e. The summed E-state index contributed by atoms with van der Waals surface area (Å²) in [6.07, 6.45) is 1.93. The molecule has 2 aromatic rings. The van der Waals surface area contributed by atoms with E-state index >= 15 is 0 Å². The van der Waals surface area contributed by atoms with Crippen LogP contribution in [0.25, 0.3) is 10.2 Å². The van der Waals surface area contributed by atoms with Gasteiger partial charge in [0.15, 0.2) is 0 Å². The van der Waals surface area contributed by atoms with E-state index in [1.54, 1.807) is 0 Å². The van der Waals surface area contributed by atoms with Crippen LogP contribution < -0.4 is 10.6 Å². The molecule has 0 aromatic carbocycles. The highest BCUT2D eigenvalue weighted by atomic mass is 32.1. The number of nitrogens with one attached hydrogen (secondary N) is 2. The number of carbonyl (C=O) groups is 1. The maximum Gasteiger partial charge on any atom is 0.221 e. The second-order valence-electron chi connectivity index (χ2n) is 3.80. The molecule has 0 atom stereocenters. The summed E-state index contributed by atoms with van der Waals surface area (Å²) in [6.45, 7) is 5.04. The molecule has 0 aliphatic heterocycles. The fourth-order valence-corrected chi connectivity index (χ4v) is 2.38. The molecule has 0 fully saturated rings. The van der Waals surface area contributed by atoms with Crippen molar-refractivity contribution in [2.24, 2.45) is 0 Å². The van der Waals surface area contributed by atoms with Crippen molar-refractivity contribution in [2.45, 2.75) is 20.3 Å². The minimum atomic E-state index is 0.0375. The van der Waals surface area contributed by atoms with Crippen molar-refractivity contribution in [1.82, 2.24) is 19.7 Å². The molecule has 0 radical (unpaired) electrons. The van der Waals surface area contributed by atoms with E-state index < -0.39 is 0 Å². The molecule has 96 valence electrons. The van der Waals surface area contributed by atoms with Crippen molar-refractivity contribution in [2.75, 3.05) is 18.4 Å². The van der Waals surface area contributed by atoms with Crippen LogP contribution in [-0.2, 0) is 4.79 Å². The predicted octanol–water partition coefficient (Wildman–Crippen LogP) is 1.33. The number of aromatic nitrogens is 3. The topological polar surface area (TPSA) is 79.8 Å². The van der Waals surface area contributed by atoms with Crippen molar-refractivity contribution in [3.05, 3.63) is 12.0 Å². The highest BCUT2D eigenvalue weighted by Crippen LogP contribution is 2.25. The van der Waals surface area contributed by atoms with Crippen molar-refractivity contribution in [3.8, 4) is 0 Å². The lowest BCUT2D eigenvalue weighted by molar-refractivity contribution is -0.120. The normalized spacial score (nSPS) is 10.6. The van der Waals surface area contributed by atoms with Gasteiger partial charge in [0.05, 0.1) is 11.1 Å². The summed E-state index contributed by atoms with van der Waals surface area (Å²) in [5.41, 5.74) is 0.913. The van der Waals surface area contributed by atoms with E-state index in [1.165, 1.54) is 17.9 Å². The van der Waals surface area contributed by atoms with Gasteiger partial charge in [-0.2, -0.15) is 4.37 Å². The Morgan fingerprint density at radius 1 is 1.44 bits per heavy atom. The molecule has 2 rings (SSSR count). The molecular weight excluding hydrogens is 250 g/mol. The third-order valence-corrected chi connectivity index (χ3v) is 3.31. The third kappa shape index (κ3) is 2.73. The van der Waals surface area contributed by atoms with Gasteiger partial charge in [0.2, 0.25) is 5.91 Å².